The van der Waals surface area contributed by atoms with E-state index in [1.165, 1.54) is 0 Å². The number of pyridine rings is 1. The molecule has 0 N–H and O–H groups in total. The number of halogens is 2. The molecule has 40 heavy (non-hydrogen) atoms. The Labute approximate surface area is 242 Å². The maximum absolute atomic E-state index is 18.1. The van der Waals surface area contributed by atoms with Gasteiger partial charge in [-0.25, -0.2) is 4.98 Å². The first-order chi connectivity index (χ1) is 18.1. The second kappa shape index (κ2) is 9.38. The summed E-state index contributed by atoms with van der Waals surface area (Å²) in [5.74, 6) is 0. The molecule has 0 fully saturated rings. The first-order valence-electron chi connectivity index (χ1n) is 14.5. The van der Waals surface area contributed by atoms with Crippen molar-refractivity contribution in [2.75, 3.05) is 0 Å². The van der Waals surface area contributed by atoms with E-state index < -0.39 is 37.0 Å². The minimum Gasteiger partial charge on any atom is -0.349 e. The van der Waals surface area contributed by atoms with Crippen LogP contribution in [0.25, 0.3) is 21.9 Å². The van der Waals surface area contributed by atoms with E-state index in [0.717, 1.165) is 38.3 Å². The summed E-state index contributed by atoms with van der Waals surface area (Å²) in [4.78, 5) is 5.08. The van der Waals surface area contributed by atoms with E-state index in [0.29, 0.717) is 6.42 Å². The van der Waals surface area contributed by atoms with Crippen LogP contribution in [0.3, 0.4) is 0 Å². The molecule has 4 aromatic rings. The number of aromatic nitrogens is 3. The number of aryl methyl sites for hydroxylation is 2. The third kappa shape index (κ3) is 4.43. The van der Waals surface area contributed by atoms with Gasteiger partial charge in [0, 0.05) is 41.3 Å². The Kier molecular flexibility index (Phi) is 7.20. The van der Waals surface area contributed by atoms with Gasteiger partial charge >= 0.3 is 16.8 Å². The van der Waals surface area contributed by atoms with Crippen molar-refractivity contribution in [3.05, 3.63) is 54.2 Å². The maximum atomic E-state index is 18.1. The van der Waals surface area contributed by atoms with Gasteiger partial charge in [-0.15, -0.1) is 0 Å². The summed E-state index contributed by atoms with van der Waals surface area (Å²) in [5.41, 5.74) is 2.68. The van der Waals surface area contributed by atoms with Gasteiger partial charge in [-0.1, -0.05) is 94.4 Å². The zero-order chi connectivity index (χ0) is 30.3. The number of para-hydroxylation sites is 1. The molecule has 1 aromatic carbocycles. The Morgan fingerprint density at radius 2 is 1.15 bits per heavy atom. The van der Waals surface area contributed by atoms with Crippen LogP contribution < -0.4 is 10.6 Å². The smallest absolute Gasteiger partial charge is 0.304 e. The molecule has 218 valence electrons. The van der Waals surface area contributed by atoms with E-state index in [2.05, 4.69) is 36.6 Å². The third-order valence-corrected chi connectivity index (χ3v) is 19.9. The molecule has 3 aromatic heterocycles. The van der Waals surface area contributed by atoms with Gasteiger partial charge in [-0.05, 0) is 62.3 Å². The van der Waals surface area contributed by atoms with Gasteiger partial charge in [0.25, 0.3) is 0 Å². The lowest BCUT2D eigenvalue weighted by Crippen LogP contribution is -2.61. The number of hydrogen-bond acceptors (Lipinski definition) is 1. The summed E-state index contributed by atoms with van der Waals surface area (Å²) in [5, 5.41) is 1.43. The van der Waals surface area contributed by atoms with Crippen molar-refractivity contribution in [1.29, 1.82) is 0 Å². The second-order valence-corrected chi connectivity index (χ2v) is 25.1. The topological polar surface area (TPSA) is 22.8 Å². The van der Waals surface area contributed by atoms with Crippen molar-refractivity contribution in [3.63, 3.8) is 0 Å². The highest BCUT2D eigenvalue weighted by atomic mass is 28.4. The average molecular weight is 582 g/mol. The van der Waals surface area contributed by atoms with Crippen molar-refractivity contribution in [3.8, 4) is 0 Å². The number of fused-ring (bicyclic) bond motifs is 2. The number of hydrogen-bond donors (Lipinski definition) is 0. The first kappa shape index (κ1) is 30.7. The monoisotopic (exact) mass is 581 g/mol. The molecule has 7 heteroatoms. The molecule has 3 nitrogen and oxygen atoms in total. The summed E-state index contributed by atoms with van der Waals surface area (Å²) >= 11 is 0. The molecule has 0 radical (unpaired) electrons. The Bertz CT molecular complexity index is 1550. The largest absolute Gasteiger partial charge is 0.349 e. The van der Waals surface area contributed by atoms with Crippen molar-refractivity contribution in [2.24, 2.45) is 14.1 Å². The highest BCUT2D eigenvalue weighted by Crippen LogP contribution is 2.54. The lowest BCUT2D eigenvalue weighted by Gasteiger charge is -2.46. The molecular weight excluding hydrogens is 533 g/mol. The van der Waals surface area contributed by atoms with Crippen molar-refractivity contribution in [2.45, 2.75) is 103 Å². The summed E-state index contributed by atoms with van der Waals surface area (Å²) < 4.78 is 39.3. The van der Waals surface area contributed by atoms with Crippen LogP contribution in [0.4, 0.5) is 8.22 Å². The highest BCUT2D eigenvalue weighted by Gasteiger charge is 2.61. The maximum Gasteiger partial charge on any atom is 0.304 e. The summed E-state index contributed by atoms with van der Waals surface area (Å²) in [6, 6.07) is 16.3. The third-order valence-electron chi connectivity index (χ3n) is 9.25. The average Bonchev–Trinajstić information content (AvgIpc) is 3.32. The van der Waals surface area contributed by atoms with Crippen LogP contribution in [0.2, 0.25) is 20.2 Å². The Morgan fingerprint density at radius 3 is 1.68 bits per heavy atom. The number of nitrogens with zero attached hydrogens (tertiary/aromatic N) is 3. The van der Waals surface area contributed by atoms with Crippen molar-refractivity contribution >= 4 is 49.4 Å². The molecule has 4 rings (SSSR count). The molecule has 3 heterocycles. The summed E-state index contributed by atoms with van der Waals surface area (Å²) in [6.45, 7) is 22.4. The van der Waals surface area contributed by atoms with Crippen molar-refractivity contribution in [1.82, 2.24) is 14.1 Å². The van der Waals surface area contributed by atoms with Gasteiger partial charge in [0.05, 0.1) is 0 Å². The molecule has 0 bridgehead atoms. The zero-order valence-corrected chi connectivity index (χ0v) is 28.9. The SMILES string of the molecule is Cn1c([Si](F)(C(C)(C)C)C(C)(C)Cc2ccc3cc([Si](F)(C(C)(C)C)C(C)(C)C)n(C)c3n2)cc2ccccc21. The minimum absolute atomic E-state index is 0.483. The first-order valence-corrected chi connectivity index (χ1v) is 18.2. The van der Waals surface area contributed by atoms with Gasteiger partial charge in [-0.2, -0.15) is 0 Å². The van der Waals surface area contributed by atoms with Crippen LogP contribution >= 0.6 is 0 Å². The molecule has 1 unspecified atom stereocenters. The molecule has 0 amide bonds. The van der Waals surface area contributed by atoms with E-state index in [9.17, 15) is 0 Å². The Balaban J connectivity index is 1.84. The van der Waals surface area contributed by atoms with Gasteiger partial charge < -0.3 is 17.3 Å². The zero-order valence-electron chi connectivity index (χ0n) is 26.9. The second-order valence-electron chi connectivity index (χ2n) is 15.6. The lowest BCUT2D eigenvalue weighted by atomic mass is 10.1. The number of benzene rings is 1. The van der Waals surface area contributed by atoms with Gasteiger partial charge in [0.2, 0.25) is 0 Å². The van der Waals surface area contributed by atoms with E-state index in [1.54, 1.807) is 0 Å². The van der Waals surface area contributed by atoms with E-state index in [4.69, 9.17) is 4.98 Å². The fourth-order valence-electron chi connectivity index (χ4n) is 7.50. The Hall–Kier alpha value is -2.26. The van der Waals surface area contributed by atoms with Gasteiger partial charge in [0.1, 0.15) is 5.65 Å². The molecular formula is C33H49F2N3Si2. The fourth-order valence-corrected chi connectivity index (χ4v) is 17.1. The van der Waals surface area contributed by atoms with Crippen LogP contribution in [-0.2, 0) is 20.5 Å². The normalized spacial score (nSPS) is 15.7. The predicted molar refractivity (Wildman–Crippen MR) is 174 cm³/mol. The minimum atomic E-state index is -3.66. The Morgan fingerprint density at radius 1 is 0.650 bits per heavy atom. The molecule has 0 aliphatic rings. The molecule has 0 saturated carbocycles. The summed E-state index contributed by atoms with van der Waals surface area (Å²) in [6.07, 6.45) is 0.502. The van der Waals surface area contributed by atoms with Crippen LogP contribution in [0.1, 0.15) is 81.9 Å². The van der Waals surface area contributed by atoms with Gasteiger partial charge in [0.15, 0.2) is 0 Å². The molecule has 0 saturated heterocycles. The van der Waals surface area contributed by atoms with E-state index in [1.807, 2.05) is 111 Å². The van der Waals surface area contributed by atoms with E-state index >= 15 is 8.22 Å². The van der Waals surface area contributed by atoms with Crippen molar-refractivity contribution < 1.29 is 8.22 Å². The summed E-state index contributed by atoms with van der Waals surface area (Å²) in [7, 11) is -3.20. The highest BCUT2D eigenvalue weighted by molar-refractivity contribution is 6.91. The van der Waals surface area contributed by atoms with E-state index in [-0.39, 0.29) is 0 Å². The molecule has 1 atom stereocenters. The van der Waals surface area contributed by atoms with Crippen LogP contribution in [0.15, 0.2) is 48.5 Å². The van der Waals surface area contributed by atoms with Crippen LogP contribution in [-0.4, -0.2) is 30.9 Å². The molecule has 0 aliphatic heterocycles. The fraction of sp³-hybridized carbons (Fsp3) is 0.545. The molecule has 0 aliphatic carbocycles. The van der Waals surface area contributed by atoms with Crippen LogP contribution in [0.5, 0.6) is 0 Å². The predicted octanol–water partition coefficient (Wildman–Crippen LogP) is 8.73. The van der Waals surface area contributed by atoms with Gasteiger partial charge in [-0.3, -0.25) is 0 Å². The lowest BCUT2D eigenvalue weighted by molar-refractivity contribution is 0.499. The number of rotatable bonds is 5. The standard InChI is InChI=1S/C33H49F2N3Si2/c1-30(2,3)39(34,31(4,5)6)28-21-24-18-19-25(36-29(24)38(28)13)22-33(10,11)40(35,32(7,8)9)27-20-23-16-14-15-17-26(23)37(27)12/h14-21H,22H2,1-13H3. The van der Waals surface area contributed by atoms with Crippen LogP contribution in [0, 0.1) is 0 Å². The molecule has 0 spiro atoms. The quantitative estimate of drug-likeness (QED) is 0.171.